The van der Waals surface area contributed by atoms with Crippen LogP contribution in [0.2, 0.25) is 5.02 Å². The van der Waals surface area contributed by atoms with E-state index in [-0.39, 0.29) is 24.6 Å². The third kappa shape index (κ3) is 8.03. The van der Waals surface area contributed by atoms with E-state index in [2.05, 4.69) is 5.32 Å². The third-order valence-corrected chi connectivity index (χ3v) is 7.02. The molecule has 0 fully saturated rings. The van der Waals surface area contributed by atoms with Crippen LogP contribution >= 0.6 is 11.6 Å². The predicted molar refractivity (Wildman–Crippen MR) is 143 cm³/mol. The SMILES string of the molecule is CCNC(=O)[C@@H](Cc1ccccc1)N(Cc1cccc(Cl)c1)C(=O)CN(c1cccc(F)c1)S(C)(=O)=O. The summed E-state index contributed by atoms with van der Waals surface area (Å²) < 4.78 is 40.0. The number of anilines is 1. The van der Waals surface area contributed by atoms with Crippen molar-refractivity contribution in [3.8, 4) is 0 Å². The summed E-state index contributed by atoms with van der Waals surface area (Å²) in [6.07, 6.45) is 1.15. The molecule has 10 heteroatoms. The van der Waals surface area contributed by atoms with E-state index in [9.17, 15) is 22.4 Å². The number of halogens is 2. The van der Waals surface area contributed by atoms with Crippen molar-refractivity contribution in [1.29, 1.82) is 0 Å². The van der Waals surface area contributed by atoms with Crippen molar-refractivity contribution < 1.29 is 22.4 Å². The number of carbonyl (C=O) groups excluding carboxylic acids is 2. The van der Waals surface area contributed by atoms with Gasteiger partial charge in [-0.2, -0.15) is 0 Å². The molecule has 7 nitrogen and oxygen atoms in total. The maximum Gasteiger partial charge on any atom is 0.244 e. The second kappa shape index (κ2) is 12.7. The van der Waals surface area contributed by atoms with Crippen LogP contribution in [-0.2, 0) is 32.6 Å². The van der Waals surface area contributed by atoms with Gasteiger partial charge in [0.05, 0.1) is 11.9 Å². The van der Waals surface area contributed by atoms with Crippen LogP contribution in [0.1, 0.15) is 18.1 Å². The van der Waals surface area contributed by atoms with Crippen molar-refractivity contribution in [3.63, 3.8) is 0 Å². The van der Waals surface area contributed by atoms with Crippen LogP contribution in [0.15, 0.2) is 78.9 Å². The van der Waals surface area contributed by atoms with Crippen LogP contribution in [-0.4, -0.2) is 50.5 Å². The van der Waals surface area contributed by atoms with Crippen LogP contribution in [0.25, 0.3) is 0 Å². The van der Waals surface area contributed by atoms with Gasteiger partial charge in [-0.25, -0.2) is 12.8 Å². The lowest BCUT2D eigenvalue weighted by atomic mass is 10.0. The molecule has 0 radical (unpaired) electrons. The van der Waals surface area contributed by atoms with Crippen molar-refractivity contribution >= 4 is 39.1 Å². The number of likely N-dealkylation sites (N-methyl/N-ethyl adjacent to an activating group) is 1. The van der Waals surface area contributed by atoms with E-state index in [1.165, 1.54) is 23.1 Å². The van der Waals surface area contributed by atoms with E-state index in [1.54, 1.807) is 31.2 Å². The molecule has 3 rings (SSSR count). The van der Waals surface area contributed by atoms with Crippen molar-refractivity contribution in [2.24, 2.45) is 0 Å². The number of carbonyl (C=O) groups is 2. The second-order valence-electron chi connectivity index (χ2n) is 8.50. The molecule has 2 amide bonds. The highest BCUT2D eigenvalue weighted by Gasteiger charge is 2.33. The first-order valence-electron chi connectivity index (χ1n) is 11.7. The molecule has 3 aromatic carbocycles. The molecule has 0 aliphatic carbocycles. The average Bonchev–Trinajstić information content (AvgIpc) is 2.84. The minimum absolute atomic E-state index is 0.00871. The molecule has 0 saturated carbocycles. The standard InChI is InChI=1S/C27H29ClFN3O4S/c1-3-30-27(34)25(16-20-9-5-4-6-10-20)31(18-21-11-7-12-22(28)15-21)26(33)19-32(37(2,35)36)24-14-8-13-23(29)17-24/h4-15,17,25H,3,16,18-19H2,1-2H3,(H,30,34)/t25-/m1/s1. The summed E-state index contributed by atoms with van der Waals surface area (Å²) in [5.74, 6) is -1.64. The summed E-state index contributed by atoms with van der Waals surface area (Å²) in [4.78, 5) is 28.4. The molecule has 1 N–H and O–H groups in total. The van der Waals surface area contributed by atoms with Gasteiger partial charge in [0, 0.05) is 24.5 Å². The highest BCUT2D eigenvalue weighted by molar-refractivity contribution is 7.92. The third-order valence-electron chi connectivity index (χ3n) is 5.64. The smallest absolute Gasteiger partial charge is 0.244 e. The first kappa shape index (κ1) is 28.1. The zero-order valence-electron chi connectivity index (χ0n) is 20.6. The van der Waals surface area contributed by atoms with E-state index in [4.69, 9.17) is 11.6 Å². The zero-order valence-corrected chi connectivity index (χ0v) is 22.2. The first-order chi connectivity index (χ1) is 17.6. The molecule has 0 aromatic heterocycles. The Morgan fingerprint density at radius 3 is 2.27 bits per heavy atom. The molecule has 0 unspecified atom stereocenters. The summed E-state index contributed by atoms with van der Waals surface area (Å²) in [6, 6.07) is 20.2. The van der Waals surface area contributed by atoms with E-state index in [0.717, 1.165) is 22.2 Å². The monoisotopic (exact) mass is 545 g/mol. The van der Waals surface area contributed by atoms with Crippen molar-refractivity contribution in [1.82, 2.24) is 10.2 Å². The van der Waals surface area contributed by atoms with Crippen LogP contribution in [0.3, 0.4) is 0 Å². The van der Waals surface area contributed by atoms with Crippen molar-refractivity contribution in [2.75, 3.05) is 23.7 Å². The maximum atomic E-state index is 13.9. The number of sulfonamides is 1. The Labute approximate surface area is 221 Å². The molecule has 0 aliphatic heterocycles. The Kier molecular flexibility index (Phi) is 9.66. The highest BCUT2D eigenvalue weighted by atomic mass is 35.5. The van der Waals surface area contributed by atoms with Crippen LogP contribution in [0.4, 0.5) is 10.1 Å². The molecule has 1 atom stereocenters. The van der Waals surface area contributed by atoms with Crippen LogP contribution < -0.4 is 9.62 Å². The first-order valence-corrected chi connectivity index (χ1v) is 13.9. The molecular weight excluding hydrogens is 517 g/mol. The molecular formula is C27H29ClFN3O4S. The Morgan fingerprint density at radius 1 is 0.973 bits per heavy atom. The lowest BCUT2D eigenvalue weighted by Gasteiger charge is -2.33. The molecule has 196 valence electrons. The maximum absolute atomic E-state index is 13.9. The molecule has 37 heavy (non-hydrogen) atoms. The van der Waals surface area contributed by atoms with Gasteiger partial charge >= 0.3 is 0 Å². The van der Waals surface area contributed by atoms with Crippen LogP contribution in [0, 0.1) is 5.82 Å². The number of rotatable bonds is 11. The normalized spacial score (nSPS) is 12.0. The van der Waals surface area contributed by atoms with Gasteiger partial charge in [0.2, 0.25) is 21.8 Å². The van der Waals surface area contributed by atoms with Gasteiger partial charge < -0.3 is 10.2 Å². The summed E-state index contributed by atoms with van der Waals surface area (Å²) in [5.41, 5.74) is 1.50. The number of nitrogens with one attached hydrogen (secondary N) is 1. The van der Waals surface area contributed by atoms with Gasteiger partial charge in [-0.3, -0.25) is 13.9 Å². The Balaban J connectivity index is 2.04. The molecule has 3 aromatic rings. The minimum atomic E-state index is -3.96. The second-order valence-corrected chi connectivity index (χ2v) is 10.8. The highest BCUT2D eigenvalue weighted by Crippen LogP contribution is 2.22. The fourth-order valence-corrected chi connectivity index (χ4v) is 4.98. The van der Waals surface area contributed by atoms with Gasteiger partial charge in [0.15, 0.2) is 0 Å². The van der Waals surface area contributed by atoms with Gasteiger partial charge in [0.25, 0.3) is 0 Å². The number of benzene rings is 3. The summed E-state index contributed by atoms with van der Waals surface area (Å²) in [6.45, 7) is 1.51. The van der Waals surface area contributed by atoms with E-state index in [0.29, 0.717) is 17.1 Å². The summed E-state index contributed by atoms with van der Waals surface area (Å²) in [7, 11) is -3.96. The molecule has 0 spiro atoms. The molecule has 0 bridgehead atoms. The number of nitrogens with zero attached hydrogens (tertiary/aromatic N) is 2. The van der Waals surface area contributed by atoms with Crippen LogP contribution in [0.5, 0.6) is 0 Å². The fourth-order valence-electron chi connectivity index (χ4n) is 3.92. The largest absolute Gasteiger partial charge is 0.355 e. The number of hydrogen-bond acceptors (Lipinski definition) is 4. The predicted octanol–water partition coefficient (Wildman–Crippen LogP) is 4.02. The van der Waals surface area contributed by atoms with E-state index in [1.807, 2.05) is 30.3 Å². The van der Waals surface area contributed by atoms with Gasteiger partial charge in [-0.1, -0.05) is 60.1 Å². The molecule has 0 saturated heterocycles. The Morgan fingerprint density at radius 2 is 1.65 bits per heavy atom. The Bertz CT molecular complexity index is 1340. The van der Waals surface area contributed by atoms with Gasteiger partial charge in [-0.15, -0.1) is 0 Å². The topological polar surface area (TPSA) is 86.8 Å². The number of amides is 2. The zero-order chi connectivity index (χ0) is 27.0. The van der Waals surface area contributed by atoms with E-state index < -0.39 is 34.3 Å². The van der Waals surface area contributed by atoms with Crippen molar-refractivity contribution in [3.05, 3.63) is 101 Å². The summed E-state index contributed by atoms with van der Waals surface area (Å²) in [5, 5.41) is 3.24. The lowest BCUT2D eigenvalue weighted by Crippen LogP contribution is -2.53. The molecule has 0 aliphatic rings. The van der Waals surface area contributed by atoms with Crippen molar-refractivity contribution in [2.45, 2.75) is 25.9 Å². The summed E-state index contributed by atoms with van der Waals surface area (Å²) >= 11 is 6.16. The molecule has 0 heterocycles. The fraction of sp³-hybridized carbons (Fsp3) is 0.259. The average molecular weight is 546 g/mol. The van der Waals surface area contributed by atoms with E-state index >= 15 is 0 Å². The quantitative estimate of drug-likeness (QED) is 0.394. The number of hydrogen-bond donors (Lipinski definition) is 1. The van der Waals surface area contributed by atoms with Gasteiger partial charge in [0.1, 0.15) is 18.4 Å². The Hall–Kier alpha value is -3.43. The van der Waals surface area contributed by atoms with Gasteiger partial charge in [-0.05, 0) is 48.4 Å². The lowest BCUT2D eigenvalue weighted by molar-refractivity contribution is -0.140. The minimum Gasteiger partial charge on any atom is -0.355 e.